The van der Waals surface area contributed by atoms with Crippen LogP contribution in [-0.2, 0) is 0 Å². The molecule has 154 valence electrons. The van der Waals surface area contributed by atoms with Gasteiger partial charge in [-0.25, -0.2) is 0 Å². The van der Waals surface area contributed by atoms with Crippen LogP contribution in [0.25, 0.3) is 0 Å². The molecule has 3 aliphatic rings. The van der Waals surface area contributed by atoms with Crippen LogP contribution in [0.5, 0.6) is 0 Å². The van der Waals surface area contributed by atoms with Gasteiger partial charge in [0.25, 0.3) is 0 Å². The second kappa shape index (κ2) is 10.4. The number of hydrogen-bond donors (Lipinski definition) is 0. The zero-order chi connectivity index (χ0) is 19.3. The molecule has 0 radical (unpaired) electrons. The molecule has 0 aromatic rings. The van der Waals surface area contributed by atoms with Gasteiger partial charge in [-0.3, -0.25) is 9.80 Å². The number of hydrogen-bond acceptors (Lipinski definition) is 3. The average molecular weight is 366 g/mol. The third-order valence-electron chi connectivity index (χ3n) is 7.38. The predicted octanol–water partition coefficient (Wildman–Crippen LogP) is 4.57. The van der Waals surface area contributed by atoms with E-state index in [4.69, 9.17) is 0 Å². The normalized spacial score (nSPS) is 37.2. The van der Waals surface area contributed by atoms with E-state index in [9.17, 15) is 0 Å². The zero-order valence-electron chi connectivity index (χ0n) is 18.9. The molecule has 3 heteroatoms. The lowest BCUT2D eigenvalue weighted by Gasteiger charge is -2.49. The van der Waals surface area contributed by atoms with Crippen molar-refractivity contribution in [1.82, 2.24) is 14.7 Å². The summed E-state index contributed by atoms with van der Waals surface area (Å²) in [5.74, 6) is 2.80. The molecule has 2 saturated heterocycles. The van der Waals surface area contributed by atoms with Crippen LogP contribution >= 0.6 is 0 Å². The summed E-state index contributed by atoms with van der Waals surface area (Å²) in [6, 6.07) is 2.45. The van der Waals surface area contributed by atoms with Crippen molar-refractivity contribution in [2.24, 2.45) is 17.8 Å². The highest BCUT2D eigenvalue weighted by Crippen LogP contribution is 2.37. The zero-order valence-corrected chi connectivity index (χ0v) is 18.9. The minimum absolute atomic E-state index is 0.771. The van der Waals surface area contributed by atoms with Gasteiger partial charge in [-0.05, 0) is 63.8 Å². The van der Waals surface area contributed by atoms with E-state index < -0.39 is 0 Å². The van der Waals surface area contributed by atoms with Gasteiger partial charge >= 0.3 is 0 Å². The molecular weight excluding hydrogens is 318 g/mol. The summed E-state index contributed by atoms with van der Waals surface area (Å²) in [7, 11) is 0. The Balaban J connectivity index is 0.00000117. The highest BCUT2D eigenvalue weighted by atomic mass is 15.3. The standard InChI is InChI=1S/C21H41N3.C2H6/c1-6-24-17(4)11-19(12-18(24)5)15-22-7-9-23(10-8-22)21-13-20(14-21)16(2)3;1-2/h16-21H,6-15H2,1-5H3;1-2H3. The Hall–Kier alpha value is -0.120. The van der Waals surface area contributed by atoms with Crippen molar-refractivity contribution in [2.45, 2.75) is 92.3 Å². The van der Waals surface area contributed by atoms with Crippen LogP contribution in [0, 0.1) is 17.8 Å². The molecular formula is C23H47N3. The first-order chi connectivity index (χ1) is 12.5. The van der Waals surface area contributed by atoms with E-state index in [0.717, 1.165) is 35.9 Å². The van der Waals surface area contributed by atoms with Crippen LogP contribution in [0.15, 0.2) is 0 Å². The molecule has 0 aromatic carbocycles. The van der Waals surface area contributed by atoms with Crippen molar-refractivity contribution in [2.75, 3.05) is 39.3 Å². The first kappa shape index (κ1) is 22.2. The van der Waals surface area contributed by atoms with Gasteiger partial charge in [-0.1, -0.05) is 34.6 Å². The molecule has 2 heterocycles. The van der Waals surface area contributed by atoms with Gasteiger partial charge in [0.05, 0.1) is 0 Å². The molecule has 3 fully saturated rings. The summed E-state index contributed by atoms with van der Waals surface area (Å²) >= 11 is 0. The fourth-order valence-electron chi connectivity index (χ4n) is 5.69. The summed E-state index contributed by atoms with van der Waals surface area (Å²) in [6.45, 7) is 23.8. The highest BCUT2D eigenvalue weighted by molar-refractivity contribution is 4.91. The van der Waals surface area contributed by atoms with Crippen molar-refractivity contribution in [1.29, 1.82) is 0 Å². The molecule has 3 rings (SSSR count). The summed E-state index contributed by atoms with van der Waals surface area (Å²) in [5.41, 5.74) is 0. The summed E-state index contributed by atoms with van der Waals surface area (Å²) in [5, 5.41) is 0. The lowest BCUT2D eigenvalue weighted by molar-refractivity contribution is 0.00637. The largest absolute Gasteiger partial charge is 0.301 e. The molecule has 26 heavy (non-hydrogen) atoms. The van der Waals surface area contributed by atoms with Gasteiger partial charge < -0.3 is 4.90 Å². The van der Waals surface area contributed by atoms with E-state index >= 15 is 0 Å². The molecule has 1 aliphatic carbocycles. The first-order valence-electron chi connectivity index (χ1n) is 11.7. The molecule has 2 aliphatic heterocycles. The second-order valence-corrected chi connectivity index (χ2v) is 9.33. The minimum atomic E-state index is 0.771. The molecule has 0 spiro atoms. The van der Waals surface area contributed by atoms with Crippen molar-refractivity contribution in [3.63, 3.8) is 0 Å². The van der Waals surface area contributed by atoms with E-state index in [2.05, 4.69) is 49.3 Å². The van der Waals surface area contributed by atoms with E-state index in [1.54, 1.807) is 0 Å². The third kappa shape index (κ3) is 5.45. The quantitative estimate of drug-likeness (QED) is 0.706. The SMILES string of the molecule is CC.CCN1C(C)CC(CN2CCN(C3CC(C(C)C)C3)CC2)CC1C. The number of piperidine rings is 1. The predicted molar refractivity (Wildman–Crippen MR) is 115 cm³/mol. The molecule has 0 bridgehead atoms. The van der Waals surface area contributed by atoms with Crippen molar-refractivity contribution < 1.29 is 0 Å². The smallest absolute Gasteiger partial charge is 0.0113 e. The fourth-order valence-corrected chi connectivity index (χ4v) is 5.69. The van der Waals surface area contributed by atoms with Crippen LogP contribution < -0.4 is 0 Å². The van der Waals surface area contributed by atoms with Crippen LogP contribution in [0.2, 0.25) is 0 Å². The summed E-state index contributed by atoms with van der Waals surface area (Å²) < 4.78 is 0. The summed E-state index contributed by atoms with van der Waals surface area (Å²) in [4.78, 5) is 8.25. The third-order valence-corrected chi connectivity index (χ3v) is 7.38. The van der Waals surface area contributed by atoms with Crippen molar-refractivity contribution in [3.8, 4) is 0 Å². The Morgan fingerprint density at radius 1 is 0.846 bits per heavy atom. The molecule has 2 unspecified atom stereocenters. The topological polar surface area (TPSA) is 9.72 Å². The highest BCUT2D eigenvalue weighted by Gasteiger charge is 2.37. The van der Waals surface area contributed by atoms with Crippen LogP contribution in [0.4, 0.5) is 0 Å². The van der Waals surface area contributed by atoms with Crippen molar-refractivity contribution >= 4 is 0 Å². The minimum Gasteiger partial charge on any atom is -0.301 e. The van der Waals surface area contributed by atoms with E-state index in [0.29, 0.717) is 0 Å². The van der Waals surface area contributed by atoms with Gasteiger partial charge in [0.15, 0.2) is 0 Å². The Morgan fingerprint density at radius 2 is 1.38 bits per heavy atom. The number of nitrogens with zero attached hydrogens (tertiary/aromatic N) is 3. The van der Waals surface area contributed by atoms with Gasteiger partial charge in [-0.15, -0.1) is 0 Å². The van der Waals surface area contributed by atoms with Crippen LogP contribution in [-0.4, -0.2) is 72.1 Å². The maximum atomic E-state index is 2.79. The number of likely N-dealkylation sites (tertiary alicyclic amines) is 1. The fraction of sp³-hybridized carbons (Fsp3) is 1.00. The Labute approximate surface area is 164 Å². The molecule has 1 saturated carbocycles. The van der Waals surface area contributed by atoms with Gasteiger partial charge in [0.2, 0.25) is 0 Å². The lowest BCUT2D eigenvalue weighted by Crippen LogP contribution is -2.56. The lowest BCUT2D eigenvalue weighted by atomic mass is 9.73. The number of piperazine rings is 1. The average Bonchev–Trinajstić information content (AvgIpc) is 2.56. The van der Waals surface area contributed by atoms with Gasteiger partial charge in [-0.2, -0.15) is 0 Å². The molecule has 0 aromatic heterocycles. The number of rotatable bonds is 5. The van der Waals surface area contributed by atoms with Crippen LogP contribution in [0.3, 0.4) is 0 Å². The molecule has 0 N–H and O–H groups in total. The maximum absolute atomic E-state index is 2.79. The van der Waals surface area contributed by atoms with Gasteiger partial charge in [0.1, 0.15) is 0 Å². The molecule has 2 atom stereocenters. The van der Waals surface area contributed by atoms with E-state index in [1.807, 2.05) is 13.8 Å². The molecule has 3 nitrogen and oxygen atoms in total. The molecule has 0 amide bonds. The van der Waals surface area contributed by atoms with Crippen LogP contribution in [0.1, 0.15) is 74.1 Å². The summed E-state index contributed by atoms with van der Waals surface area (Å²) in [6.07, 6.45) is 5.72. The first-order valence-corrected chi connectivity index (χ1v) is 11.7. The Morgan fingerprint density at radius 3 is 1.85 bits per heavy atom. The second-order valence-electron chi connectivity index (χ2n) is 9.33. The Bertz CT molecular complexity index is 371. The Kier molecular flexibility index (Phi) is 8.90. The van der Waals surface area contributed by atoms with Gasteiger partial charge in [0, 0.05) is 50.8 Å². The maximum Gasteiger partial charge on any atom is 0.0113 e. The monoisotopic (exact) mass is 365 g/mol. The van der Waals surface area contributed by atoms with E-state index in [-0.39, 0.29) is 0 Å². The van der Waals surface area contributed by atoms with E-state index in [1.165, 1.54) is 65.0 Å². The van der Waals surface area contributed by atoms with Crippen molar-refractivity contribution in [3.05, 3.63) is 0 Å².